The van der Waals surface area contributed by atoms with Crippen LogP contribution in [0.3, 0.4) is 0 Å². The largest absolute Gasteiger partial charge is 0.411 e. The molecule has 0 aromatic heterocycles. The molecule has 2 rings (SSSR count). The Hall–Kier alpha value is -2.21. The van der Waals surface area contributed by atoms with Gasteiger partial charge in [0, 0.05) is 16.7 Å². The third kappa shape index (κ3) is 5.83. The van der Waals surface area contributed by atoms with Gasteiger partial charge in [-0.25, -0.2) is 0 Å². The Morgan fingerprint density at radius 3 is 2.22 bits per heavy atom. The van der Waals surface area contributed by atoms with Gasteiger partial charge in [-0.1, -0.05) is 47.7 Å². The first-order valence-corrected chi connectivity index (χ1v) is 7.56. The summed E-state index contributed by atoms with van der Waals surface area (Å²) >= 11 is 0.781. The van der Waals surface area contributed by atoms with Gasteiger partial charge >= 0.3 is 6.18 Å². The van der Waals surface area contributed by atoms with E-state index < -0.39 is 17.0 Å². The van der Waals surface area contributed by atoms with Gasteiger partial charge in [0.1, 0.15) is 0 Å². The standard InChI is InChI=1S/C17H14F3NOS/c1-12-7-9-14(10-8-12)23-15(11-17(18,19)20)16(22)21-13-5-3-2-4-6-13/h2-11H,1H3,(H,21,22)/b15-11+. The number of hydrogen-bond donors (Lipinski definition) is 1. The van der Waals surface area contributed by atoms with Crippen molar-refractivity contribution >= 4 is 23.4 Å². The van der Waals surface area contributed by atoms with E-state index in [9.17, 15) is 18.0 Å². The van der Waals surface area contributed by atoms with E-state index in [1.165, 1.54) is 0 Å². The van der Waals surface area contributed by atoms with Crippen LogP contribution in [0.4, 0.5) is 18.9 Å². The molecular formula is C17H14F3NOS. The first-order chi connectivity index (χ1) is 10.8. The highest BCUT2D eigenvalue weighted by atomic mass is 32.2. The third-order valence-electron chi connectivity index (χ3n) is 2.80. The van der Waals surface area contributed by atoms with Crippen molar-refractivity contribution < 1.29 is 18.0 Å². The van der Waals surface area contributed by atoms with Gasteiger partial charge in [-0.15, -0.1) is 0 Å². The second kappa shape index (κ2) is 7.37. The number of allylic oxidation sites excluding steroid dienone is 1. The van der Waals surface area contributed by atoms with Crippen molar-refractivity contribution in [1.82, 2.24) is 0 Å². The molecule has 0 saturated heterocycles. The summed E-state index contributed by atoms with van der Waals surface area (Å²) in [6, 6.07) is 15.3. The highest BCUT2D eigenvalue weighted by Crippen LogP contribution is 2.31. The number of benzene rings is 2. The van der Waals surface area contributed by atoms with E-state index in [0.717, 1.165) is 17.3 Å². The zero-order valence-corrected chi connectivity index (χ0v) is 13.0. The van der Waals surface area contributed by atoms with Crippen molar-refractivity contribution in [2.24, 2.45) is 0 Å². The van der Waals surface area contributed by atoms with E-state index >= 15 is 0 Å². The Morgan fingerprint density at radius 2 is 1.65 bits per heavy atom. The van der Waals surface area contributed by atoms with Crippen LogP contribution in [0.25, 0.3) is 0 Å². The Labute approximate surface area is 136 Å². The molecule has 6 heteroatoms. The van der Waals surface area contributed by atoms with E-state index in [0.29, 0.717) is 10.6 Å². The summed E-state index contributed by atoms with van der Waals surface area (Å²) in [6.07, 6.45) is -4.54. The van der Waals surface area contributed by atoms with Crippen LogP contribution in [-0.2, 0) is 4.79 Å². The van der Waals surface area contributed by atoms with E-state index in [-0.39, 0.29) is 6.08 Å². The third-order valence-corrected chi connectivity index (χ3v) is 3.83. The van der Waals surface area contributed by atoms with E-state index in [1.807, 2.05) is 6.92 Å². The van der Waals surface area contributed by atoms with Gasteiger partial charge in [0.2, 0.25) is 0 Å². The molecular weight excluding hydrogens is 323 g/mol. The number of alkyl halides is 3. The average molecular weight is 337 g/mol. The molecule has 0 aliphatic carbocycles. The molecule has 0 bridgehead atoms. The summed E-state index contributed by atoms with van der Waals surface area (Å²) in [5, 5.41) is 2.47. The summed E-state index contributed by atoms with van der Waals surface area (Å²) in [4.78, 5) is 12.3. The maximum Gasteiger partial charge on any atom is 0.411 e. The van der Waals surface area contributed by atoms with Crippen LogP contribution < -0.4 is 5.32 Å². The molecule has 0 fully saturated rings. The Kier molecular flexibility index (Phi) is 5.50. The second-order valence-electron chi connectivity index (χ2n) is 4.79. The molecule has 120 valence electrons. The number of para-hydroxylation sites is 1. The van der Waals surface area contributed by atoms with Crippen LogP contribution in [0, 0.1) is 6.92 Å². The summed E-state index contributed by atoms with van der Waals surface area (Å²) in [7, 11) is 0. The highest BCUT2D eigenvalue weighted by Gasteiger charge is 2.27. The fraction of sp³-hybridized carbons (Fsp3) is 0.118. The van der Waals surface area contributed by atoms with Gasteiger partial charge < -0.3 is 5.32 Å². The molecule has 2 aromatic rings. The van der Waals surface area contributed by atoms with Crippen molar-refractivity contribution in [2.75, 3.05) is 5.32 Å². The van der Waals surface area contributed by atoms with Crippen LogP contribution in [-0.4, -0.2) is 12.1 Å². The Bertz CT molecular complexity index is 694. The maximum atomic E-state index is 12.7. The number of rotatable bonds is 4. The number of amides is 1. The molecule has 23 heavy (non-hydrogen) atoms. The monoisotopic (exact) mass is 337 g/mol. The van der Waals surface area contributed by atoms with Crippen LogP contribution >= 0.6 is 11.8 Å². The van der Waals surface area contributed by atoms with Crippen molar-refractivity contribution in [3.8, 4) is 0 Å². The number of nitrogens with one attached hydrogen (secondary N) is 1. The average Bonchev–Trinajstić information content (AvgIpc) is 2.48. The van der Waals surface area contributed by atoms with Crippen molar-refractivity contribution in [3.05, 3.63) is 71.1 Å². The topological polar surface area (TPSA) is 29.1 Å². The fourth-order valence-corrected chi connectivity index (χ4v) is 2.60. The molecule has 0 aliphatic rings. The van der Waals surface area contributed by atoms with Gasteiger partial charge in [-0.2, -0.15) is 13.2 Å². The first kappa shape index (κ1) is 17.1. The lowest BCUT2D eigenvalue weighted by atomic mass is 10.2. The van der Waals surface area contributed by atoms with Gasteiger partial charge in [-0.3, -0.25) is 4.79 Å². The number of aryl methyl sites for hydroxylation is 1. The zero-order chi connectivity index (χ0) is 16.9. The minimum absolute atomic E-state index is 0.0236. The molecule has 0 aliphatic heterocycles. The number of anilines is 1. The molecule has 2 nitrogen and oxygen atoms in total. The van der Waals surface area contributed by atoms with Crippen LogP contribution in [0.5, 0.6) is 0 Å². The van der Waals surface area contributed by atoms with Crippen LogP contribution in [0.15, 0.2) is 70.5 Å². The molecule has 0 radical (unpaired) electrons. The van der Waals surface area contributed by atoms with Gasteiger partial charge in [0.05, 0.1) is 4.91 Å². The number of hydrogen-bond acceptors (Lipinski definition) is 2. The molecule has 2 aromatic carbocycles. The lowest BCUT2D eigenvalue weighted by Gasteiger charge is -2.10. The molecule has 0 heterocycles. The van der Waals surface area contributed by atoms with Crippen LogP contribution in [0.2, 0.25) is 0 Å². The van der Waals surface area contributed by atoms with Crippen LogP contribution in [0.1, 0.15) is 5.56 Å². The minimum atomic E-state index is -4.57. The summed E-state index contributed by atoms with van der Waals surface area (Å²) in [5.41, 5.74) is 1.43. The number of carbonyl (C=O) groups is 1. The zero-order valence-electron chi connectivity index (χ0n) is 12.2. The Morgan fingerprint density at radius 1 is 1.04 bits per heavy atom. The predicted octanol–water partition coefficient (Wildman–Crippen LogP) is 5.17. The van der Waals surface area contributed by atoms with Gasteiger partial charge in [0.25, 0.3) is 5.91 Å². The quantitative estimate of drug-likeness (QED) is 0.616. The van der Waals surface area contributed by atoms with Crippen molar-refractivity contribution in [2.45, 2.75) is 18.0 Å². The van der Waals surface area contributed by atoms with Gasteiger partial charge in [-0.05, 0) is 31.2 Å². The summed E-state index contributed by atoms with van der Waals surface area (Å²) < 4.78 is 38.1. The molecule has 1 N–H and O–H groups in total. The molecule has 0 saturated carbocycles. The number of carbonyl (C=O) groups excluding carboxylic acids is 1. The highest BCUT2D eigenvalue weighted by molar-refractivity contribution is 8.04. The lowest BCUT2D eigenvalue weighted by molar-refractivity contribution is -0.113. The number of halogens is 3. The summed E-state index contributed by atoms with van der Waals surface area (Å²) in [5.74, 6) is -0.792. The maximum absolute atomic E-state index is 12.7. The molecule has 0 spiro atoms. The second-order valence-corrected chi connectivity index (χ2v) is 5.90. The predicted molar refractivity (Wildman–Crippen MR) is 86.2 cm³/mol. The molecule has 0 unspecified atom stereocenters. The SMILES string of the molecule is Cc1ccc(S/C(=C/C(F)(F)F)C(=O)Nc2ccccc2)cc1. The van der Waals surface area contributed by atoms with E-state index in [4.69, 9.17) is 0 Å². The van der Waals surface area contributed by atoms with E-state index in [2.05, 4.69) is 5.32 Å². The van der Waals surface area contributed by atoms with Crippen molar-refractivity contribution in [1.29, 1.82) is 0 Å². The summed E-state index contributed by atoms with van der Waals surface area (Å²) in [6.45, 7) is 1.88. The molecule has 0 atom stereocenters. The Balaban J connectivity index is 2.22. The van der Waals surface area contributed by atoms with Gasteiger partial charge in [0.15, 0.2) is 0 Å². The normalized spacial score (nSPS) is 12.1. The van der Waals surface area contributed by atoms with E-state index in [1.54, 1.807) is 54.6 Å². The number of thioether (sulfide) groups is 1. The smallest absolute Gasteiger partial charge is 0.322 e. The molecule has 1 amide bonds. The first-order valence-electron chi connectivity index (χ1n) is 6.74. The van der Waals surface area contributed by atoms with Crippen molar-refractivity contribution in [3.63, 3.8) is 0 Å². The minimum Gasteiger partial charge on any atom is -0.322 e. The lowest BCUT2D eigenvalue weighted by Crippen LogP contribution is -2.15. The fourth-order valence-electron chi connectivity index (χ4n) is 1.74.